The van der Waals surface area contributed by atoms with E-state index in [4.69, 9.17) is 17.3 Å². The molecular weight excluding hydrogens is 256 g/mol. The van der Waals surface area contributed by atoms with Crippen molar-refractivity contribution < 1.29 is 0 Å². The zero-order valence-corrected chi connectivity index (χ0v) is 10.4. The summed E-state index contributed by atoms with van der Waals surface area (Å²) in [6, 6.07) is 5.80. The topological polar surface area (TPSA) is 56.7 Å². The Kier molecular flexibility index (Phi) is 2.49. The van der Waals surface area contributed by atoms with Crippen molar-refractivity contribution in [2.45, 2.75) is 6.54 Å². The number of pyridine rings is 1. The normalized spacial score (nSPS) is 11.1. The first-order chi connectivity index (χ1) is 8.24. The second-order valence-corrected chi connectivity index (χ2v) is 5.43. The van der Waals surface area contributed by atoms with Gasteiger partial charge in [-0.15, -0.1) is 11.3 Å². The summed E-state index contributed by atoms with van der Waals surface area (Å²) in [5, 5.41) is 0. The van der Waals surface area contributed by atoms with Gasteiger partial charge in [0.25, 0.3) is 0 Å². The minimum absolute atomic E-state index is 0.498. The molecule has 3 aromatic rings. The van der Waals surface area contributed by atoms with Gasteiger partial charge in [0.2, 0.25) is 5.95 Å². The van der Waals surface area contributed by atoms with E-state index < -0.39 is 0 Å². The third kappa shape index (κ3) is 1.87. The molecule has 0 fully saturated rings. The van der Waals surface area contributed by atoms with Crippen molar-refractivity contribution >= 4 is 39.9 Å². The molecule has 0 bridgehead atoms. The zero-order valence-electron chi connectivity index (χ0n) is 8.80. The first-order valence-corrected chi connectivity index (χ1v) is 6.23. The summed E-state index contributed by atoms with van der Waals surface area (Å²) in [7, 11) is 0. The summed E-state index contributed by atoms with van der Waals surface area (Å²) in [5.41, 5.74) is 7.70. The van der Waals surface area contributed by atoms with Gasteiger partial charge >= 0.3 is 0 Å². The average Bonchev–Trinajstić information content (AvgIpc) is 2.85. The van der Waals surface area contributed by atoms with E-state index >= 15 is 0 Å². The summed E-state index contributed by atoms with van der Waals surface area (Å²) in [6.07, 6.45) is 3.45. The molecule has 4 nitrogen and oxygen atoms in total. The van der Waals surface area contributed by atoms with Crippen LogP contribution in [0.15, 0.2) is 30.6 Å². The molecule has 6 heteroatoms. The van der Waals surface area contributed by atoms with Gasteiger partial charge in [0.05, 0.1) is 22.6 Å². The molecule has 17 heavy (non-hydrogen) atoms. The van der Waals surface area contributed by atoms with Crippen LogP contribution in [0.5, 0.6) is 0 Å². The number of imidazole rings is 1. The number of aromatic nitrogens is 3. The molecule has 0 saturated carbocycles. The van der Waals surface area contributed by atoms with Crippen molar-refractivity contribution in [3.63, 3.8) is 0 Å². The monoisotopic (exact) mass is 264 g/mol. The van der Waals surface area contributed by atoms with Gasteiger partial charge in [0.15, 0.2) is 0 Å². The van der Waals surface area contributed by atoms with Crippen LogP contribution >= 0.6 is 22.9 Å². The Morgan fingerprint density at radius 3 is 3.00 bits per heavy atom. The van der Waals surface area contributed by atoms with Gasteiger partial charge in [-0.1, -0.05) is 11.6 Å². The lowest BCUT2D eigenvalue weighted by atomic mass is 10.4. The molecule has 0 aromatic carbocycles. The van der Waals surface area contributed by atoms with Gasteiger partial charge in [0, 0.05) is 11.1 Å². The number of thiophene rings is 1. The van der Waals surface area contributed by atoms with Crippen LogP contribution in [-0.2, 0) is 6.54 Å². The standard InChI is InChI=1S/C11H9ClN4S/c12-10-2-1-7(17-10)6-16-9-3-4-14-5-8(9)15-11(16)13/h1-5H,6H2,(H2,13,15). The van der Waals surface area contributed by atoms with Crippen LogP contribution in [0, 0.1) is 0 Å². The van der Waals surface area contributed by atoms with E-state index in [2.05, 4.69) is 9.97 Å². The molecule has 0 radical (unpaired) electrons. The van der Waals surface area contributed by atoms with Crippen LogP contribution < -0.4 is 5.73 Å². The molecule has 0 aliphatic heterocycles. The van der Waals surface area contributed by atoms with E-state index in [0.717, 1.165) is 20.2 Å². The summed E-state index contributed by atoms with van der Waals surface area (Å²) in [6.45, 7) is 0.684. The van der Waals surface area contributed by atoms with Crippen molar-refractivity contribution in [3.8, 4) is 0 Å². The van der Waals surface area contributed by atoms with E-state index in [1.54, 1.807) is 23.7 Å². The minimum atomic E-state index is 0.498. The number of rotatable bonds is 2. The molecule has 2 N–H and O–H groups in total. The molecular formula is C11H9ClN4S. The maximum Gasteiger partial charge on any atom is 0.201 e. The number of nitrogen functional groups attached to an aromatic ring is 1. The Morgan fingerprint density at radius 2 is 2.24 bits per heavy atom. The highest BCUT2D eigenvalue weighted by molar-refractivity contribution is 7.16. The number of nitrogens with two attached hydrogens (primary N) is 1. The summed E-state index contributed by atoms with van der Waals surface area (Å²) in [5.74, 6) is 0.498. The Labute approximate surface area is 107 Å². The molecule has 0 saturated heterocycles. The Morgan fingerprint density at radius 1 is 1.35 bits per heavy atom. The van der Waals surface area contributed by atoms with Gasteiger partial charge in [-0.3, -0.25) is 4.98 Å². The highest BCUT2D eigenvalue weighted by atomic mass is 35.5. The summed E-state index contributed by atoms with van der Waals surface area (Å²) >= 11 is 7.46. The van der Waals surface area contributed by atoms with Crippen LogP contribution in [-0.4, -0.2) is 14.5 Å². The van der Waals surface area contributed by atoms with Crippen LogP contribution in [0.3, 0.4) is 0 Å². The third-order valence-corrected chi connectivity index (χ3v) is 3.74. The fourth-order valence-electron chi connectivity index (χ4n) is 1.76. The number of hydrogen-bond donors (Lipinski definition) is 1. The van der Waals surface area contributed by atoms with Gasteiger partial charge < -0.3 is 10.3 Å². The lowest BCUT2D eigenvalue weighted by Crippen LogP contribution is -2.03. The van der Waals surface area contributed by atoms with Crippen LogP contribution in [0.2, 0.25) is 4.34 Å². The lowest BCUT2D eigenvalue weighted by Gasteiger charge is -2.03. The van der Waals surface area contributed by atoms with Gasteiger partial charge in [-0.25, -0.2) is 4.98 Å². The lowest BCUT2D eigenvalue weighted by molar-refractivity contribution is 0.852. The fourth-order valence-corrected chi connectivity index (χ4v) is 2.84. The van der Waals surface area contributed by atoms with Crippen molar-refractivity contribution in [2.24, 2.45) is 0 Å². The maximum absolute atomic E-state index is 5.91. The zero-order chi connectivity index (χ0) is 11.8. The van der Waals surface area contributed by atoms with Crippen molar-refractivity contribution in [1.82, 2.24) is 14.5 Å². The second kappa shape index (κ2) is 4.01. The third-order valence-electron chi connectivity index (χ3n) is 2.52. The predicted octanol–water partition coefficient (Wildman–Crippen LogP) is 2.78. The first kappa shape index (κ1) is 10.6. The molecule has 0 unspecified atom stereocenters. The second-order valence-electron chi connectivity index (χ2n) is 3.63. The van der Waals surface area contributed by atoms with Crippen molar-refractivity contribution in [1.29, 1.82) is 0 Å². The molecule has 0 atom stereocenters. The van der Waals surface area contributed by atoms with E-state index in [9.17, 15) is 0 Å². The molecule has 0 aliphatic carbocycles. The fraction of sp³-hybridized carbons (Fsp3) is 0.0909. The molecule has 0 spiro atoms. The molecule has 3 rings (SSSR count). The minimum Gasteiger partial charge on any atom is -0.369 e. The Hall–Kier alpha value is -1.59. The average molecular weight is 265 g/mol. The Bertz CT molecular complexity index is 673. The van der Waals surface area contributed by atoms with Gasteiger partial charge in [0.1, 0.15) is 5.52 Å². The molecule has 3 aromatic heterocycles. The maximum atomic E-state index is 5.91. The Balaban J connectivity index is 2.08. The largest absolute Gasteiger partial charge is 0.369 e. The quantitative estimate of drug-likeness (QED) is 0.774. The molecule has 0 amide bonds. The number of fused-ring (bicyclic) bond motifs is 1. The molecule has 86 valence electrons. The number of hydrogen-bond acceptors (Lipinski definition) is 4. The van der Waals surface area contributed by atoms with Crippen LogP contribution in [0.1, 0.15) is 4.88 Å². The van der Waals surface area contributed by atoms with E-state index in [1.165, 1.54) is 0 Å². The summed E-state index contributed by atoms with van der Waals surface area (Å²) in [4.78, 5) is 9.45. The van der Waals surface area contributed by atoms with Crippen LogP contribution in [0.4, 0.5) is 5.95 Å². The van der Waals surface area contributed by atoms with E-state index in [-0.39, 0.29) is 0 Å². The number of anilines is 1. The van der Waals surface area contributed by atoms with Crippen molar-refractivity contribution in [2.75, 3.05) is 5.73 Å². The smallest absolute Gasteiger partial charge is 0.201 e. The molecule has 3 heterocycles. The van der Waals surface area contributed by atoms with Gasteiger partial charge in [-0.05, 0) is 18.2 Å². The first-order valence-electron chi connectivity index (χ1n) is 5.04. The van der Waals surface area contributed by atoms with Crippen molar-refractivity contribution in [3.05, 3.63) is 39.8 Å². The highest BCUT2D eigenvalue weighted by Crippen LogP contribution is 2.25. The molecule has 0 aliphatic rings. The van der Waals surface area contributed by atoms with Gasteiger partial charge in [-0.2, -0.15) is 0 Å². The van der Waals surface area contributed by atoms with E-state index in [1.807, 2.05) is 22.8 Å². The number of halogens is 1. The van der Waals surface area contributed by atoms with Crippen LogP contribution in [0.25, 0.3) is 11.0 Å². The SMILES string of the molecule is Nc1nc2cnccc2n1Cc1ccc(Cl)s1. The predicted molar refractivity (Wildman–Crippen MR) is 70.4 cm³/mol. The number of nitrogens with zero attached hydrogens (tertiary/aromatic N) is 3. The summed E-state index contributed by atoms with van der Waals surface area (Å²) < 4.78 is 2.74. The highest BCUT2D eigenvalue weighted by Gasteiger charge is 2.09. The van der Waals surface area contributed by atoms with E-state index in [0.29, 0.717) is 12.5 Å².